The molecule has 0 aliphatic rings. The molecule has 1 aromatic rings. The third-order valence-corrected chi connectivity index (χ3v) is 2.90. The van der Waals surface area contributed by atoms with Crippen LogP contribution in [0.3, 0.4) is 0 Å². The summed E-state index contributed by atoms with van der Waals surface area (Å²) in [5, 5.41) is 12.2. The molecule has 0 fully saturated rings. The lowest BCUT2D eigenvalue weighted by Crippen LogP contribution is -2.05. The molecule has 0 aliphatic carbocycles. The van der Waals surface area contributed by atoms with Crippen molar-refractivity contribution < 1.29 is 19.4 Å². The van der Waals surface area contributed by atoms with Crippen molar-refractivity contribution in [2.45, 2.75) is 19.3 Å². The minimum absolute atomic E-state index is 0.183. The normalized spacial score (nSPS) is 10.1. The Balaban J connectivity index is 2.57. The van der Waals surface area contributed by atoms with E-state index in [0.717, 1.165) is 12.1 Å². The summed E-state index contributed by atoms with van der Waals surface area (Å²) in [7, 11) is 3.11. The van der Waals surface area contributed by atoms with E-state index in [1.54, 1.807) is 26.4 Å². The van der Waals surface area contributed by atoms with Gasteiger partial charge in [-0.05, 0) is 18.9 Å². The molecule has 19 heavy (non-hydrogen) atoms. The fourth-order valence-electron chi connectivity index (χ4n) is 1.62. The van der Waals surface area contributed by atoms with Crippen molar-refractivity contribution in [1.82, 2.24) is 0 Å². The second-order valence-electron chi connectivity index (χ2n) is 3.96. The summed E-state index contributed by atoms with van der Waals surface area (Å²) in [6, 6.07) is 3.44. The molecule has 0 amide bonds. The molecule has 0 saturated heterocycles. The van der Waals surface area contributed by atoms with Crippen molar-refractivity contribution in [1.29, 1.82) is 0 Å². The van der Waals surface area contributed by atoms with Crippen molar-refractivity contribution in [3.8, 4) is 11.5 Å². The van der Waals surface area contributed by atoms with Gasteiger partial charge in [0.25, 0.3) is 0 Å². The van der Waals surface area contributed by atoms with Gasteiger partial charge in [0.2, 0.25) is 0 Å². The number of nitrogens with one attached hydrogen (secondary N) is 1. The van der Waals surface area contributed by atoms with Crippen molar-refractivity contribution in [3.05, 3.63) is 17.2 Å². The van der Waals surface area contributed by atoms with Crippen LogP contribution in [0.1, 0.15) is 19.3 Å². The first kappa shape index (κ1) is 15.4. The summed E-state index contributed by atoms with van der Waals surface area (Å²) < 4.78 is 10.3. The van der Waals surface area contributed by atoms with Crippen LogP contribution in [0.4, 0.5) is 5.69 Å². The topological polar surface area (TPSA) is 67.8 Å². The Hall–Kier alpha value is -1.62. The number of hydrogen-bond donors (Lipinski definition) is 2. The Bertz CT molecular complexity index is 437. The minimum atomic E-state index is -0.773. The zero-order chi connectivity index (χ0) is 14.3. The lowest BCUT2D eigenvalue weighted by molar-refractivity contribution is -0.137. The molecule has 0 atom stereocenters. The smallest absolute Gasteiger partial charge is 0.303 e. The van der Waals surface area contributed by atoms with Gasteiger partial charge >= 0.3 is 5.97 Å². The first-order chi connectivity index (χ1) is 9.08. The van der Waals surface area contributed by atoms with E-state index in [1.165, 1.54) is 0 Å². The molecule has 5 nitrogen and oxygen atoms in total. The summed E-state index contributed by atoms with van der Waals surface area (Å²) in [5.74, 6) is 0.416. The fraction of sp³-hybridized carbons (Fsp3) is 0.462. The average molecular weight is 288 g/mol. The first-order valence-corrected chi connectivity index (χ1v) is 6.33. The van der Waals surface area contributed by atoms with E-state index in [-0.39, 0.29) is 6.42 Å². The van der Waals surface area contributed by atoms with Crippen LogP contribution in [0.2, 0.25) is 5.02 Å². The largest absolute Gasteiger partial charge is 0.495 e. The summed E-state index contributed by atoms with van der Waals surface area (Å²) in [5.41, 5.74) is 0.767. The van der Waals surface area contributed by atoms with Crippen LogP contribution in [-0.4, -0.2) is 31.8 Å². The highest BCUT2D eigenvalue weighted by Crippen LogP contribution is 2.35. The van der Waals surface area contributed by atoms with E-state index in [0.29, 0.717) is 29.5 Å². The van der Waals surface area contributed by atoms with Crippen LogP contribution in [0.15, 0.2) is 12.1 Å². The third-order valence-electron chi connectivity index (χ3n) is 2.61. The fourth-order valence-corrected chi connectivity index (χ4v) is 1.86. The van der Waals surface area contributed by atoms with E-state index < -0.39 is 5.97 Å². The van der Waals surface area contributed by atoms with E-state index in [9.17, 15) is 4.79 Å². The Morgan fingerprint density at radius 2 is 1.95 bits per heavy atom. The number of unbranched alkanes of at least 4 members (excludes halogenated alkanes) is 1. The SMILES string of the molecule is COc1cc(OC)c(NCCCCC(=O)O)cc1Cl. The number of methoxy groups -OCH3 is 2. The van der Waals surface area contributed by atoms with Gasteiger partial charge in [-0.2, -0.15) is 0 Å². The maximum absolute atomic E-state index is 10.4. The highest BCUT2D eigenvalue weighted by molar-refractivity contribution is 6.32. The number of aliphatic carboxylic acids is 1. The standard InChI is InChI=1S/C13H18ClNO4/c1-18-11-8-12(19-2)10(7-9(11)14)15-6-4-3-5-13(16)17/h7-8,15H,3-6H2,1-2H3,(H,16,17). The minimum Gasteiger partial charge on any atom is -0.495 e. The first-order valence-electron chi connectivity index (χ1n) is 5.95. The molecule has 0 radical (unpaired) electrons. The van der Waals surface area contributed by atoms with Gasteiger partial charge in [-0.3, -0.25) is 4.79 Å². The van der Waals surface area contributed by atoms with Gasteiger partial charge in [0, 0.05) is 19.0 Å². The van der Waals surface area contributed by atoms with Gasteiger partial charge in [-0.15, -0.1) is 0 Å². The molecule has 0 heterocycles. The molecule has 0 spiro atoms. The van der Waals surface area contributed by atoms with Crippen molar-refractivity contribution in [3.63, 3.8) is 0 Å². The molecular formula is C13H18ClNO4. The number of carboxylic acids is 1. The summed E-state index contributed by atoms with van der Waals surface area (Å²) in [6.45, 7) is 0.659. The van der Waals surface area contributed by atoms with Crippen LogP contribution >= 0.6 is 11.6 Å². The molecule has 106 valence electrons. The quantitative estimate of drug-likeness (QED) is 0.719. The van der Waals surface area contributed by atoms with Crippen LogP contribution in [0, 0.1) is 0 Å². The molecule has 0 unspecified atom stereocenters. The van der Waals surface area contributed by atoms with Crippen molar-refractivity contribution in [2.24, 2.45) is 0 Å². The summed E-state index contributed by atoms with van der Waals surface area (Å²) in [4.78, 5) is 10.4. The van der Waals surface area contributed by atoms with Gasteiger partial charge in [-0.1, -0.05) is 11.6 Å². The highest BCUT2D eigenvalue weighted by Gasteiger charge is 2.09. The Morgan fingerprint density at radius 3 is 2.53 bits per heavy atom. The molecular weight excluding hydrogens is 270 g/mol. The van der Waals surface area contributed by atoms with Crippen LogP contribution < -0.4 is 14.8 Å². The molecule has 1 rings (SSSR count). The van der Waals surface area contributed by atoms with E-state index in [1.807, 2.05) is 0 Å². The average Bonchev–Trinajstić information content (AvgIpc) is 2.38. The number of carboxylic acid groups (broad SMARTS) is 1. The molecule has 2 N–H and O–H groups in total. The number of carbonyl (C=O) groups is 1. The van der Waals surface area contributed by atoms with Crippen LogP contribution in [0.25, 0.3) is 0 Å². The number of rotatable bonds is 8. The van der Waals surface area contributed by atoms with Crippen molar-refractivity contribution in [2.75, 3.05) is 26.1 Å². The monoisotopic (exact) mass is 287 g/mol. The summed E-state index contributed by atoms with van der Waals surface area (Å²) >= 11 is 6.04. The molecule has 6 heteroatoms. The second-order valence-corrected chi connectivity index (χ2v) is 4.37. The van der Waals surface area contributed by atoms with Gasteiger partial charge in [-0.25, -0.2) is 0 Å². The van der Waals surface area contributed by atoms with Gasteiger partial charge in [0.1, 0.15) is 11.5 Å². The lowest BCUT2D eigenvalue weighted by Gasteiger charge is -2.13. The second kappa shape index (κ2) is 7.74. The van der Waals surface area contributed by atoms with E-state index >= 15 is 0 Å². The number of hydrogen-bond acceptors (Lipinski definition) is 4. The number of benzene rings is 1. The summed E-state index contributed by atoms with van der Waals surface area (Å²) in [6.07, 6.45) is 1.58. The van der Waals surface area contributed by atoms with Gasteiger partial charge in [0.05, 0.1) is 24.9 Å². The molecule has 0 aliphatic heterocycles. The molecule has 0 bridgehead atoms. The number of ether oxygens (including phenoxy) is 2. The van der Waals surface area contributed by atoms with Gasteiger partial charge in [0.15, 0.2) is 0 Å². The van der Waals surface area contributed by atoms with E-state index in [2.05, 4.69) is 5.32 Å². The zero-order valence-electron chi connectivity index (χ0n) is 11.0. The predicted molar refractivity (Wildman–Crippen MR) is 74.5 cm³/mol. The van der Waals surface area contributed by atoms with E-state index in [4.69, 9.17) is 26.2 Å². The van der Waals surface area contributed by atoms with Crippen LogP contribution in [0.5, 0.6) is 11.5 Å². The molecule has 1 aromatic carbocycles. The zero-order valence-corrected chi connectivity index (χ0v) is 11.8. The van der Waals surface area contributed by atoms with Crippen LogP contribution in [-0.2, 0) is 4.79 Å². The predicted octanol–water partition coefficient (Wildman–Crippen LogP) is 3.02. The van der Waals surface area contributed by atoms with Crippen molar-refractivity contribution >= 4 is 23.3 Å². The Labute approximate surface area is 117 Å². The molecule has 0 saturated carbocycles. The number of anilines is 1. The third kappa shape index (κ3) is 4.87. The number of halogens is 1. The lowest BCUT2D eigenvalue weighted by atomic mass is 10.2. The molecule has 0 aromatic heterocycles. The Morgan fingerprint density at radius 1 is 1.26 bits per heavy atom. The maximum atomic E-state index is 10.4. The maximum Gasteiger partial charge on any atom is 0.303 e. The van der Waals surface area contributed by atoms with Gasteiger partial charge < -0.3 is 19.9 Å². The highest BCUT2D eigenvalue weighted by atomic mass is 35.5. The Kier molecular flexibility index (Phi) is 6.29.